The maximum Gasteiger partial charge on any atom is 0.254 e. The number of nitrogens with one attached hydrogen (secondary N) is 1. The van der Waals surface area contributed by atoms with Crippen molar-refractivity contribution in [3.05, 3.63) is 65.1 Å². The first kappa shape index (κ1) is 22.4. The number of carbonyl (C=O) groups is 2. The minimum Gasteiger partial charge on any atom is -0.497 e. The van der Waals surface area contributed by atoms with Crippen LogP contribution in [0.3, 0.4) is 0 Å². The van der Waals surface area contributed by atoms with Gasteiger partial charge in [0, 0.05) is 60.2 Å². The van der Waals surface area contributed by atoms with E-state index < -0.39 is 17.3 Å². The van der Waals surface area contributed by atoms with Crippen LogP contribution in [0.5, 0.6) is 5.75 Å². The molecule has 1 saturated heterocycles. The molecular weight excluding hydrogens is 437 g/mol. The molecule has 2 amide bonds. The van der Waals surface area contributed by atoms with Gasteiger partial charge < -0.3 is 24.6 Å². The number of aliphatic hydroxyl groups is 1. The number of benzene rings is 2. The Morgan fingerprint density at radius 2 is 1.97 bits per heavy atom. The van der Waals surface area contributed by atoms with Gasteiger partial charge in [0.15, 0.2) is 0 Å². The van der Waals surface area contributed by atoms with E-state index in [1.165, 1.54) is 18.2 Å². The molecule has 2 N–H and O–H groups in total. The lowest BCUT2D eigenvalue weighted by molar-refractivity contribution is -0.130. The third-order valence-electron chi connectivity index (χ3n) is 7.42. The lowest BCUT2D eigenvalue weighted by atomic mass is 9.68. The highest BCUT2D eigenvalue weighted by Gasteiger charge is 2.49. The van der Waals surface area contributed by atoms with E-state index in [1.54, 1.807) is 25.0 Å². The molecule has 0 saturated carbocycles. The zero-order valence-electron chi connectivity index (χ0n) is 19.3. The van der Waals surface area contributed by atoms with Crippen LogP contribution in [0.4, 0.5) is 4.39 Å². The summed E-state index contributed by atoms with van der Waals surface area (Å²) < 4.78 is 19.3. The number of ether oxygens (including phenoxy) is 1. The Hall–Kier alpha value is -3.39. The number of fused-ring (bicyclic) bond motifs is 4. The lowest BCUT2D eigenvalue weighted by Gasteiger charge is -2.50. The average Bonchev–Trinajstić information content (AvgIpc) is 3.23. The number of nitrogens with zero attached hydrogens (tertiary/aromatic N) is 2. The zero-order valence-corrected chi connectivity index (χ0v) is 19.3. The van der Waals surface area contributed by atoms with Gasteiger partial charge in [-0.15, -0.1) is 0 Å². The number of carbonyl (C=O) groups excluding carboxylic acids is 2. The highest BCUT2D eigenvalue weighted by atomic mass is 19.1. The third-order valence-corrected chi connectivity index (χ3v) is 7.42. The van der Waals surface area contributed by atoms with Crippen LogP contribution in [-0.4, -0.2) is 65.1 Å². The molecule has 8 heteroatoms. The van der Waals surface area contributed by atoms with Crippen molar-refractivity contribution < 1.29 is 23.8 Å². The van der Waals surface area contributed by atoms with E-state index in [0.29, 0.717) is 38.2 Å². The fourth-order valence-corrected chi connectivity index (χ4v) is 5.67. The maximum absolute atomic E-state index is 13.9. The molecule has 2 aliphatic heterocycles. The van der Waals surface area contributed by atoms with Crippen molar-refractivity contribution in [2.75, 3.05) is 33.4 Å². The Kier molecular flexibility index (Phi) is 5.56. The summed E-state index contributed by atoms with van der Waals surface area (Å²) in [6.07, 6.45) is 1.37. The molecule has 1 spiro atoms. The minimum absolute atomic E-state index is 0.0375. The molecule has 1 fully saturated rings. The second-order valence-corrected chi connectivity index (χ2v) is 9.25. The number of hydrogen-bond acceptors (Lipinski definition) is 4. The Morgan fingerprint density at radius 3 is 2.62 bits per heavy atom. The number of aromatic nitrogens is 1. The highest BCUT2D eigenvalue weighted by molar-refractivity contribution is 5.96. The summed E-state index contributed by atoms with van der Waals surface area (Å²) in [7, 11) is 1.61. The molecule has 0 aliphatic carbocycles. The molecule has 34 heavy (non-hydrogen) atoms. The molecule has 5 rings (SSSR count). The average molecular weight is 466 g/mol. The van der Waals surface area contributed by atoms with Crippen molar-refractivity contribution in [3.63, 3.8) is 0 Å². The van der Waals surface area contributed by atoms with Gasteiger partial charge in [-0.05, 0) is 48.7 Å². The number of H-pyrrole nitrogens is 1. The molecule has 2 aliphatic rings. The largest absolute Gasteiger partial charge is 0.497 e. The zero-order chi connectivity index (χ0) is 24.0. The monoisotopic (exact) mass is 465 g/mol. The smallest absolute Gasteiger partial charge is 0.254 e. The van der Waals surface area contributed by atoms with Crippen molar-refractivity contribution in [2.24, 2.45) is 0 Å². The number of piperidine rings is 1. The van der Waals surface area contributed by atoms with Crippen LogP contribution < -0.4 is 4.74 Å². The van der Waals surface area contributed by atoms with Gasteiger partial charge in [0.05, 0.1) is 19.8 Å². The number of aromatic amines is 1. The van der Waals surface area contributed by atoms with Gasteiger partial charge in [-0.2, -0.15) is 0 Å². The molecule has 1 atom stereocenters. The summed E-state index contributed by atoms with van der Waals surface area (Å²) in [5.74, 6) is -0.0599. The first-order valence-electron chi connectivity index (χ1n) is 11.5. The van der Waals surface area contributed by atoms with Crippen LogP contribution in [-0.2, 0) is 10.2 Å². The van der Waals surface area contributed by atoms with Crippen molar-refractivity contribution in [2.45, 2.75) is 31.2 Å². The van der Waals surface area contributed by atoms with E-state index in [0.717, 1.165) is 22.2 Å². The van der Waals surface area contributed by atoms with E-state index in [-0.39, 0.29) is 24.0 Å². The van der Waals surface area contributed by atoms with Crippen molar-refractivity contribution in [3.8, 4) is 5.75 Å². The van der Waals surface area contributed by atoms with Crippen molar-refractivity contribution >= 4 is 22.7 Å². The van der Waals surface area contributed by atoms with E-state index in [2.05, 4.69) is 4.98 Å². The van der Waals surface area contributed by atoms with Gasteiger partial charge in [0.25, 0.3) is 5.91 Å². The Balaban J connectivity index is 1.66. The minimum atomic E-state index is -0.597. The molecule has 178 valence electrons. The summed E-state index contributed by atoms with van der Waals surface area (Å²) in [5, 5.41) is 11.5. The topological polar surface area (TPSA) is 85.9 Å². The van der Waals surface area contributed by atoms with Crippen LogP contribution in [0.15, 0.2) is 42.5 Å². The molecule has 0 radical (unpaired) electrons. The number of rotatable bonds is 3. The van der Waals surface area contributed by atoms with E-state index in [1.807, 2.05) is 23.1 Å². The number of hydrogen-bond donors (Lipinski definition) is 2. The fraction of sp³-hybridized carbons (Fsp3) is 0.385. The SMILES string of the molecule is COc1ccc2c3c([nH]c2c1)[C@H](CO)N(C(=O)c1cccc(F)c1)CC31CCN(C(C)=O)CC1. The van der Waals surface area contributed by atoms with Crippen molar-refractivity contribution in [1.82, 2.24) is 14.8 Å². The highest BCUT2D eigenvalue weighted by Crippen LogP contribution is 2.49. The predicted molar refractivity (Wildman–Crippen MR) is 125 cm³/mol. The summed E-state index contributed by atoms with van der Waals surface area (Å²) >= 11 is 0. The van der Waals surface area contributed by atoms with Gasteiger partial charge in [-0.3, -0.25) is 9.59 Å². The van der Waals surface area contributed by atoms with Gasteiger partial charge in [0.2, 0.25) is 5.91 Å². The van der Waals surface area contributed by atoms with Gasteiger partial charge >= 0.3 is 0 Å². The molecule has 0 unspecified atom stereocenters. The first-order valence-corrected chi connectivity index (χ1v) is 11.5. The maximum atomic E-state index is 13.9. The second-order valence-electron chi connectivity index (χ2n) is 9.25. The van der Waals surface area contributed by atoms with Crippen molar-refractivity contribution in [1.29, 1.82) is 0 Å². The molecule has 7 nitrogen and oxygen atoms in total. The lowest BCUT2D eigenvalue weighted by Crippen LogP contribution is -2.55. The number of aliphatic hydroxyl groups excluding tert-OH is 1. The van der Waals surface area contributed by atoms with Crippen LogP contribution in [0.25, 0.3) is 10.9 Å². The molecule has 3 heterocycles. The molecular formula is C26H28FN3O4. The Labute approximate surface area is 197 Å². The number of likely N-dealkylation sites (tertiary alicyclic amines) is 1. The van der Waals surface area contributed by atoms with Crippen LogP contribution in [0.2, 0.25) is 0 Å². The van der Waals surface area contributed by atoms with E-state index in [4.69, 9.17) is 4.74 Å². The second kappa shape index (κ2) is 8.43. The third kappa shape index (κ3) is 3.53. The van der Waals surface area contributed by atoms with Crippen LogP contribution in [0.1, 0.15) is 47.4 Å². The Morgan fingerprint density at radius 1 is 1.21 bits per heavy atom. The molecule has 3 aromatic rings. The normalized spacial score (nSPS) is 19.4. The number of methoxy groups -OCH3 is 1. The van der Waals surface area contributed by atoms with Crippen LogP contribution >= 0.6 is 0 Å². The number of halogens is 1. The molecule has 2 aromatic carbocycles. The van der Waals surface area contributed by atoms with E-state index >= 15 is 0 Å². The summed E-state index contributed by atoms with van der Waals surface area (Å²) in [4.78, 5) is 32.6. The first-order chi connectivity index (χ1) is 16.4. The fourth-order valence-electron chi connectivity index (χ4n) is 5.67. The van der Waals surface area contributed by atoms with E-state index in [9.17, 15) is 19.1 Å². The van der Waals surface area contributed by atoms with Gasteiger partial charge in [-0.1, -0.05) is 6.07 Å². The summed E-state index contributed by atoms with van der Waals surface area (Å²) in [5.41, 5.74) is 2.60. The molecule has 1 aromatic heterocycles. The summed E-state index contributed by atoms with van der Waals surface area (Å²) in [6, 6.07) is 10.9. The molecule has 0 bridgehead atoms. The predicted octanol–water partition coefficient (Wildman–Crippen LogP) is 3.39. The summed E-state index contributed by atoms with van der Waals surface area (Å²) in [6.45, 7) is 2.86. The van der Waals surface area contributed by atoms with Gasteiger partial charge in [-0.25, -0.2) is 4.39 Å². The number of amides is 2. The standard InChI is InChI=1S/C26H28FN3O4/c1-16(32)29-10-8-26(9-11-29)15-30(25(33)17-4-3-5-18(27)12-17)22(14-31)24-23(26)20-7-6-19(34-2)13-21(20)28-24/h3-7,12-13,22,28,31H,8-11,14-15H2,1-2H3/t22-/m0/s1. The Bertz CT molecular complexity index is 1260. The van der Waals surface area contributed by atoms with Crippen LogP contribution in [0, 0.1) is 5.82 Å². The van der Waals surface area contributed by atoms with Gasteiger partial charge in [0.1, 0.15) is 11.6 Å². The quantitative estimate of drug-likeness (QED) is 0.621.